The fourth-order valence-corrected chi connectivity index (χ4v) is 3.03. The van der Waals surface area contributed by atoms with Gasteiger partial charge in [0.05, 0.1) is 32.6 Å². The Hall–Kier alpha value is -2.00. The molecule has 26 heavy (non-hydrogen) atoms. The standard InChI is InChI=1S/C15H10Cl3NO6S/c1-26(23,24)25-10-4-2-3-7(11(10)15(21)22)14(20)19-9-6-5-8(16)12(17)13(9)18/h2-6H,1H3,(H,19,20)(H,21,22). The number of amides is 1. The van der Waals surface area contributed by atoms with E-state index in [-0.39, 0.29) is 26.3 Å². The van der Waals surface area contributed by atoms with E-state index < -0.39 is 33.3 Å². The minimum absolute atomic E-state index is 0.0127. The first kappa shape index (κ1) is 20.3. The summed E-state index contributed by atoms with van der Waals surface area (Å²) in [5.41, 5.74) is -0.857. The largest absolute Gasteiger partial charge is 0.478 e. The molecule has 2 aromatic carbocycles. The number of carboxylic acids is 1. The SMILES string of the molecule is CS(=O)(=O)Oc1cccc(C(=O)Nc2ccc(Cl)c(Cl)c2Cl)c1C(=O)O. The summed E-state index contributed by atoms with van der Waals surface area (Å²) in [6.07, 6.45) is 0.751. The van der Waals surface area contributed by atoms with Crippen LogP contribution < -0.4 is 9.50 Å². The highest BCUT2D eigenvalue weighted by atomic mass is 35.5. The molecule has 0 heterocycles. The molecule has 0 bridgehead atoms. The lowest BCUT2D eigenvalue weighted by Crippen LogP contribution is -2.18. The van der Waals surface area contributed by atoms with Crippen LogP contribution in [0.4, 0.5) is 5.69 Å². The van der Waals surface area contributed by atoms with Crippen molar-refractivity contribution >= 4 is 62.5 Å². The monoisotopic (exact) mass is 437 g/mol. The summed E-state index contributed by atoms with van der Waals surface area (Å²) in [6.45, 7) is 0. The Balaban J connectivity index is 2.48. The molecule has 2 rings (SSSR count). The van der Waals surface area contributed by atoms with Crippen molar-refractivity contribution in [3.05, 3.63) is 56.5 Å². The van der Waals surface area contributed by atoms with Crippen molar-refractivity contribution < 1.29 is 27.3 Å². The van der Waals surface area contributed by atoms with Gasteiger partial charge in [-0.1, -0.05) is 40.9 Å². The Kier molecular flexibility index (Phi) is 6.02. The van der Waals surface area contributed by atoms with Gasteiger partial charge in [-0.05, 0) is 24.3 Å². The fourth-order valence-electron chi connectivity index (χ4n) is 1.99. The number of halogens is 3. The number of carboxylic acid groups (broad SMARTS) is 1. The molecular formula is C15H10Cl3NO6S. The molecule has 0 atom stereocenters. The zero-order valence-corrected chi connectivity index (χ0v) is 16.0. The predicted octanol–water partition coefficient (Wildman–Crippen LogP) is 3.94. The highest BCUT2D eigenvalue weighted by Crippen LogP contribution is 2.36. The zero-order valence-electron chi connectivity index (χ0n) is 12.9. The second-order valence-electron chi connectivity index (χ2n) is 4.95. The molecule has 0 spiro atoms. The van der Waals surface area contributed by atoms with Crippen LogP contribution in [0.1, 0.15) is 20.7 Å². The predicted molar refractivity (Wildman–Crippen MR) is 98.3 cm³/mol. The van der Waals surface area contributed by atoms with Gasteiger partial charge < -0.3 is 14.6 Å². The van der Waals surface area contributed by atoms with Gasteiger partial charge >= 0.3 is 16.1 Å². The molecular weight excluding hydrogens is 429 g/mol. The van der Waals surface area contributed by atoms with E-state index in [1.807, 2.05) is 0 Å². The number of hydrogen-bond donors (Lipinski definition) is 2. The molecule has 2 N–H and O–H groups in total. The van der Waals surface area contributed by atoms with Gasteiger partial charge in [-0.3, -0.25) is 4.79 Å². The topological polar surface area (TPSA) is 110 Å². The van der Waals surface area contributed by atoms with Gasteiger partial charge in [-0.15, -0.1) is 0 Å². The van der Waals surface area contributed by atoms with Crippen LogP contribution in [0.2, 0.25) is 15.1 Å². The van der Waals surface area contributed by atoms with Crippen LogP contribution in [0.3, 0.4) is 0 Å². The van der Waals surface area contributed by atoms with Crippen molar-refractivity contribution in [1.29, 1.82) is 0 Å². The van der Waals surface area contributed by atoms with Gasteiger partial charge in [0.1, 0.15) is 5.56 Å². The van der Waals surface area contributed by atoms with Crippen LogP contribution in [-0.4, -0.2) is 31.7 Å². The first-order valence-electron chi connectivity index (χ1n) is 6.72. The third kappa shape index (κ3) is 4.59. The number of nitrogens with one attached hydrogen (secondary N) is 1. The Morgan fingerprint density at radius 3 is 2.31 bits per heavy atom. The molecule has 11 heteroatoms. The van der Waals surface area contributed by atoms with Crippen LogP contribution in [0.15, 0.2) is 30.3 Å². The summed E-state index contributed by atoms with van der Waals surface area (Å²) >= 11 is 17.7. The first-order valence-corrected chi connectivity index (χ1v) is 9.67. The quantitative estimate of drug-likeness (QED) is 0.540. The van der Waals surface area contributed by atoms with Gasteiger partial charge in [-0.2, -0.15) is 8.42 Å². The van der Waals surface area contributed by atoms with E-state index >= 15 is 0 Å². The number of hydrogen-bond acceptors (Lipinski definition) is 5. The summed E-state index contributed by atoms with van der Waals surface area (Å²) in [4.78, 5) is 24.0. The molecule has 0 aromatic heterocycles. The van der Waals surface area contributed by atoms with Crippen LogP contribution in [0.25, 0.3) is 0 Å². The van der Waals surface area contributed by atoms with Crippen molar-refractivity contribution in [1.82, 2.24) is 0 Å². The molecule has 0 unspecified atom stereocenters. The van der Waals surface area contributed by atoms with Crippen molar-refractivity contribution in [3.8, 4) is 5.75 Å². The lowest BCUT2D eigenvalue weighted by Gasteiger charge is -2.13. The Bertz CT molecular complexity index is 1010. The Morgan fingerprint density at radius 1 is 1.08 bits per heavy atom. The molecule has 0 fully saturated rings. The maximum atomic E-state index is 12.5. The lowest BCUT2D eigenvalue weighted by molar-refractivity contribution is 0.0690. The van der Waals surface area contributed by atoms with E-state index in [9.17, 15) is 23.1 Å². The summed E-state index contributed by atoms with van der Waals surface area (Å²) in [5, 5.41) is 11.9. The van der Waals surface area contributed by atoms with Gasteiger partial charge in [0.2, 0.25) is 0 Å². The van der Waals surface area contributed by atoms with E-state index in [2.05, 4.69) is 9.50 Å². The minimum Gasteiger partial charge on any atom is -0.478 e. The third-order valence-corrected chi connectivity index (χ3v) is 4.79. The summed E-state index contributed by atoms with van der Waals surface area (Å²) in [6, 6.07) is 6.36. The maximum absolute atomic E-state index is 12.5. The highest BCUT2D eigenvalue weighted by molar-refractivity contribution is 7.86. The smallest absolute Gasteiger partial charge is 0.340 e. The Morgan fingerprint density at radius 2 is 1.73 bits per heavy atom. The van der Waals surface area contributed by atoms with Crippen LogP contribution in [-0.2, 0) is 10.1 Å². The normalized spacial score (nSPS) is 11.1. The molecule has 1 amide bonds. The van der Waals surface area contributed by atoms with Crippen molar-refractivity contribution in [2.24, 2.45) is 0 Å². The Labute approximate surface area is 163 Å². The minimum atomic E-state index is -4.00. The van der Waals surface area contributed by atoms with Crippen molar-refractivity contribution in [3.63, 3.8) is 0 Å². The number of aromatic carboxylic acids is 1. The molecule has 138 valence electrons. The molecule has 0 saturated carbocycles. The average molecular weight is 439 g/mol. The zero-order chi connectivity index (χ0) is 19.6. The van der Waals surface area contributed by atoms with E-state index in [0.29, 0.717) is 0 Å². The van der Waals surface area contributed by atoms with Crippen molar-refractivity contribution in [2.45, 2.75) is 0 Å². The number of rotatable bonds is 5. The molecule has 0 aliphatic heterocycles. The number of carbonyl (C=O) groups is 2. The molecule has 7 nitrogen and oxygen atoms in total. The average Bonchev–Trinajstić information content (AvgIpc) is 2.53. The van der Waals surface area contributed by atoms with Gasteiger partial charge in [0.25, 0.3) is 5.91 Å². The second-order valence-corrected chi connectivity index (χ2v) is 7.69. The number of carbonyl (C=O) groups excluding carboxylic acids is 1. The molecule has 0 aliphatic carbocycles. The number of anilines is 1. The van der Waals surface area contributed by atoms with E-state index in [0.717, 1.165) is 12.3 Å². The van der Waals surface area contributed by atoms with Crippen LogP contribution in [0.5, 0.6) is 5.75 Å². The lowest BCUT2D eigenvalue weighted by atomic mass is 10.1. The summed E-state index contributed by atoms with van der Waals surface area (Å²) in [5.74, 6) is -2.90. The van der Waals surface area contributed by atoms with Crippen molar-refractivity contribution in [2.75, 3.05) is 11.6 Å². The summed E-state index contributed by atoms with van der Waals surface area (Å²) < 4.78 is 27.2. The third-order valence-electron chi connectivity index (χ3n) is 3.01. The number of benzene rings is 2. The van der Waals surface area contributed by atoms with Gasteiger partial charge in [0, 0.05) is 0 Å². The summed E-state index contributed by atoms with van der Waals surface area (Å²) in [7, 11) is -4.00. The van der Waals surface area contributed by atoms with E-state index in [1.54, 1.807) is 0 Å². The molecule has 0 saturated heterocycles. The van der Waals surface area contributed by atoms with Crippen LogP contribution >= 0.6 is 34.8 Å². The van der Waals surface area contributed by atoms with E-state index in [1.165, 1.54) is 24.3 Å². The highest BCUT2D eigenvalue weighted by Gasteiger charge is 2.24. The van der Waals surface area contributed by atoms with Gasteiger partial charge in [-0.25, -0.2) is 4.79 Å². The second kappa shape index (κ2) is 7.71. The molecule has 0 aliphatic rings. The van der Waals surface area contributed by atoms with Gasteiger partial charge in [0.15, 0.2) is 5.75 Å². The fraction of sp³-hybridized carbons (Fsp3) is 0.0667. The maximum Gasteiger partial charge on any atom is 0.340 e. The van der Waals surface area contributed by atoms with Crippen LogP contribution in [0, 0.1) is 0 Å². The molecule has 2 aromatic rings. The van der Waals surface area contributed by atoms with E-state index in [4.69, 9.17) is 34.8 Å². The molecule has 0 radical (unpaired) electrons. The first-order chi connectivity index (χ1) is 12.0.